The van der Waals surface area contributed by atoms with E-state index in [9.17, 15) is 4.79 Å². The van der Waals surface area contributed by atoms with E-state index in [1.54, 1.807) is 30.3 Å². The maximum Gasteiger partial charge on any atom is 0.264 e. The largest absolute Gasteiger partial charge is 0.488 e. The van der Waals surface area contributed by atoms with E-state index in [-0.39, 0.29) is 5.91 Å². The molecule has 4 nitrogen and oxygen atoms in total. The molecule has 1 aliphatic heterocycles. The van der Waals surface area contributed by atoms with Gasteiger partial charge in [0.25, 0.3) is 5.91 Å². The van der Waals surface area contributed by atoms with Crippen molar-refractivity contribution < 1.29 is 9.53 Å². The molecule has 0 radical (unpaired) electrons. The Morgan fingerprint density at radius 2 is 1.70 bits per heavy atom. The van der Waals surface area contributed by atoms with E-state index in [4.69, 9.17) is 27.9 Å². The number of carbonyl (C=O) groups excluding carboxylic acids is 1. The second-order valence-corrected chi connectivity index (χ2v) is 8.25. The summed E-state index contributed by atoms with van der Waals surface area (Å²) in [5, 5.41) is 4.59. The maximum atomic E-state index is 12.4. The van der Waals surface area contributed by atoms with Gasteiger partial charge in [0.15, 0.2) is 5.17 Å². The van der Waals surface area contributed by atoms with Gasteiger partial charge < -0.3 is 10.1 Å². The van der Waals surface area contributed by atoms with Crippen molar-refractivity contribution >= 4 is 57.8 Å². The molecule has 0 unspecified atom stereocenters. The number of hydrogen-bond donors (Lipinski definition) is 1. The van der Waals surface area contributed by atoms with Crippen molar-refractivity contribution in [1.82, 2.24) is 5.32 Å². The summed E-state index contributed by atoms with van der Waals surface area (Å²) in [4.78, 5) is 17.4. The van der Waals surface area contributed by atoms with Crippen LogP contribution in [0, 0.1) is 0 Å². The molecule has 1 amide bonds. The van der Waals surface area contributed by atoms with Crippen molar-refractivity contribution in [2.75, 3.05) is 0 Å². The van der Waals surface area contributed by atoms with Gasteiger partial charge in [0, 0.05) is 21.2 Å². The number of para-hydroxylation sites is 1. The molecule has 30 heavy (non-hydrogen) atoms. The van der Waals surface area contributed by atoms with Crippen LogP contribution >= 0.6 is 35.0 Å². The predicted molar refractivity (Wildman–Crippen MR) is 124 cm³/mol. The Bertz CT molecular complexity index is 1140. The third kappa shape index (κ3) is 5.05. The monoisotopic (exact) mass is 454 g/mol. The van der Waals surface area contributed by atoms with E-state index < -0.39 is 0 Å². The molecule has 4 rings (SSSR count). The minimum atomic E-state index is -0.200. The van der Waals surface area contributed by atoms with Gasteiger partial charge in [-0.05, 0) is 54.2 Å². The lowest BCUT2D eigenvalue weighted by Crippen LogP contribution is -2.19. The van der Waals surface area contributed by atoms with Gasteiger partial charge in [-0.25, -0.2) is 4.99 Å². The van der Waals surface area contributed by atoms with Gasteiger partial charge in [0.05, 0.1) is 10.6 Å². The molecule has 1 fully saturated rings. The predicted octanol–water partition coefficient (Wildman–Crippen LogP) is 6.46. The number of ether oxygens (including phenoxy) is 1. The van der Waals surface area contributed by atoms with Crippen molar-refractivity contribution in [2.45, 2.75) is 6.61 Å². The molecule has 1 aliphatic rings. The van der Waals surface area contributed by atoms with Gasteiger partial charge in [-0.2, -0.15) is 0 Å². The van der Waals surface area contributed by atoms with Gasteiger partial charge in [0.1, 0.15) is 12.4 Å². The van der Waals surface area contributed by atoms with Gasteiger partial charge in [0.2, 0.25) is 0 Å². The second kappa shape index (κ2) is 9.39. The molecular formula is C23H16Cl2N2O2S. The van der Waals surface area contributed by atoms with E-state index in [2.05, 4.69) is 10.3 Å². The molecule has 0 aromatic heterocycles. The standard InChI is InChI=1S/C23H16Cl2N2O2S/c24-17-9-11-18(12-10-17)26-23-27-22(28)21(30-23)13-15-5-2-4-8-20(15)29-14-16-6-1-3-7-19(16)25/h1-13H,14H2,(H,26,27,28). The molecule has 1 saturated heterocycles. The molecule has 0 saturated carbocycles. The zero-order chi connectivity index (χ0) is 20.9. The summed E-state index contributed by atoms with van der Waals surface area (Å²) >= 11 is 13.4. The number of thioether (sulfide) groups is 1. The first-order chi connectivity index (χ1) is 14.6. The summed E-state index contributed by atoms with van der Waals surface area (Å²) in [6.07, 6.45) is 1.80. The quantitative estimate of drug-likeness (QED) is 0.449. The van der Waals surface area contributed by atoms with Crippen LogP contribution in [0.3, 0.4) is 0 Å². The van der Waals surface area contributed by atoms with Gasteiger partial charge in [-0.1, -0.05) is 59.6 Å². The number of rotatable bonds is 5. The number of amides is 1. The van der Waals surface area contributed by atoms with Crippen molar-refractivity contribution in [2.24, 2.45) is 4.99 Å². The van der Waals surface area contributed by atoms with E-state index in [1.807, 2.05) is 48.5 Å². The molecule has 1 heterocycles. The number of aliphatic imine (C=N–C) groups is 1. The summed E-state index contributed by atoms with van der Waals surface area (Å²) in [6, 6.07) is 22.2. The minimum absolute atomic E-state index is 0.200. The summed E-state index contributed by atoms with van der Waals surface area (Å²) in [7, 11) is 0. The molecule has 3 aromatic carbocycles. The van der Waals surface area contributed by atoms with Crippen LogP contribution in [-0.4, -0.2) is 11.1 Å². The molecule has 7 heteroatoms. The van der Waals surface area contributed by atoms with Crippen molar-refractivity contribution in [3.8, 4) is 5.75 Å². The van der Waals surface area contributed by atoms with Gasteiger partial charge in [-0.15, -0.1) is 0 Å². The molecular weight excluding hydrogens is 439 g/mol. The first kappa shape index (κ1) is 20.5. The van der Waals surface area contributed by atoms with Crippen LogP contribution in [0.2, 0.25) is 10.0 Å². The number of carbonyl (C=O) groups is 1. The van der Waals surface area contributed by atoms with E-state index >= 15 is 0 Å². The van der Waals surface area contributed by atoms with Gasteiger partial charge in [-0.3, -0.25) is 4.79 Å². The first-order valence-corrected chi connectivity index (χ1v) is 10.7. The van der Waals surface area contributed by atoms with Crippen LogP contribution in [0.25, 0.3) is 6.08 Å². The number of hydrogen-bond acceptors (Lipinski definition) is 4. The van der Waals surface area contributed by atoms with Gasteiger partial charge >= 0.3 is 0 Å². The molecule has 0 aliphatic carbocycles. The summed E-state index contributed by atoms with van der Waals surface area (Å²) < 4.78 is 5.97. The van der Waals surface area contributed by atoms with Crippen LogP contribution in [0.15, 0.2) is 82.7 Å². The fourth-order valence-corrected chi connectivity index (χ4v) is 3.91. The fourth-order valence-electron chi connectivity index (χ4n) is 2.76. The van der Waals surface area contributed by atoms with Crippen molar-refractivity contribution in [3.05, 3.63) is 98.9 Å². The highest BCUT2D eigenvalue weighted by atomic mass is 35.5. The van der Waals surface area contributed by atoms with Crippen LogP contribution in [0.4, 0.5) is 5.69 Å². The Morgan fingerprint density at radius 1 is 0.967 bits per heavy atom. The Morgan fingerprint density at radius 3 is 2.50 bits per heavy atom. The minimum Gasteiger partial charge on any atom is -0.488 e. The zero-order valence-electron chi connectivity index (χ0n) is 15.6. The Labute approximate surface area is 188 Å². The normalized spacial score (nSPS) is 16.1. The highest BCUT2D eigenvalue weighted by molar-refractivity contribution is 8.18. The van der Waals surface area contributed by atoms with E-state index in [1.165, 1.54) is 11.8 Å². The van der Waals surface area contributed by atoms with Crippen LogP contribution in [0.1, 0.15) is 11.1 Å². The molecule has 1 N–H and O–H groups in total. The zero-order valence-corrected chi connectivity index (χ0v) is 18.0. The SMILES string of the molecule is O=C1NC(=Nc2ccc(Cl)cc2)SC1=Cc1ccccc1OCc1ccccc1Cl. The smallest absolute Gasteiger partial charge is 0.264 e. The van der Waals surface area contributed by atoms with Crippen molar-refractivity contribution in [1.29, 1.82) is 0 Å². The lowest BCUT2D eigenvalue weighted by Gasteiger charge is -2.10. The first-order valence-electron chi connectivity index (χ1n) is 9.09. The number of amidine groups is 1. The van der Waals surface area contributed by atoms with E-state index in [0.29, 0.717) is 38.2 Å². The number of halogens is 2. The highest BCUT2D eigenvalue weighted by Gasteiger charge is 2.24. The molecule has 0 spiro atoms. The maximum absolute atomic E-state index is 12.4. The average Bonchev–Trinajstić information content (AvgIpc) is 3.09. The van der Waals surface area contributed by atoms with Crippen LogP contribution in [0.5, 0.6) is 5.75 Å². The number of nitrogens with zero attached hydrogens (tertiary/aromatic N) is 1. The third-order valence-electron chi connectivity index (χ3n) is 4.25. The number of benzene rings is 3. The van der Waals surface area contributed by atoms with Crippen LogP contribution in [-0.2, 0) is 11.4 Å². The molecule has 3 aromatic rings. The van der Waals surface area contributed by atoms with Crippen LogP contribution < -0.4 is 10.1 Å². The van der Waals surface area contributed by atoms with E-state index in [0.717, 1.165) is 11.1 Å². The molecule has 150 valence electrons. The topological polar surface area (TPSA) is 50.7 Å². The lowest BCUT2D eigenvalue weighted by atomic mass is 10.2. The molecule has 0 bridgehead atoms. The fraction of sp³-hybridized carbons (Fsp3) is 0.0435. The Kier molecular flexibility index (Phi) is 6.43. The molecule has 0 atom stereocenters. The Balaban J connectivity index is 1.52. The summed E-state index contributed by atoms with van der Waals surface area (Å²) in [6.45, 7) is 0.336. The number of nitrogens with one attached hydrogen (secondary N) is 1. The van der Waals surface area contributed by atoms with Crippen molar-refractivity contribution in [3.63, 3.8) is 0 Å². The summed E-state index contributed by atoms with van der Waals surface area (Å²) in [5.41, 5.74) is 2.41. The third-order valence-corrected chi connectivity index (χ3v) is 5.79. The lowest BCUT2D eigenvalue weighted by molar-refractivity contribution is -0.115. The summed E-state index contributed by atoms with van der Waals surface area (Å²) in [5.74, 6) is 0.468. The second-order valence-electron chi connectivity index (χ2n) is 6.38. The highest BCUT2D eigenvalue weighted by Crippen LogP contribution is 2.31. The average molecular weight is 455 g/mol. The Hall–Kier alpha value is -2.73.